The van der Waals surface area contributed by atoms with E-state index in [2.05, 4.69) is 12.2 Å². The number of hydrogen-bond donors (Lipinski definition) is 1. The summed E-state index contributed by atoms with van der Waals surface area (Å²) in [4.78, 5) is 24.0. The number of carbonyl (C=O) groups excluding carboxylic acids is 1. The second-order valence-electron chi connectivity index (χ2n) is 5.31. The second-order valence-corrected chi connectivity index (χ2v) is 5.31. The average Bonchev–Trinajstić information content (AvgIpc) is 3.12. The SMILES string of the molecule is C[C@H]1C[C@H]1C(=O)Nc1cccc2c(=O)n(C)ccc12. The van der Waals surface area contributed by atoms with Crippen LogP contribution in [0.15, 0.2) is 35.3 Å². The van der Waals surface area contributed by atoms with E-state index < -0.39 is 0 Å². The molecule has 0 radical (unpaired) electrons. The van der Waals surface area contributed by atoms with E-state index in [0.29, 0.717) is 11.3 Å². The molecule has 1 aliphatic rings. The average molecular weight is 256 g/mol. The zero-order chi connectivity index (χ0) is 13.6. The number of nitrogens with zero attached hydrogens (tertiary/aromatic N) is 1. The number of aryl methyl sites for hydroxylation is 1. The van der Waals surface area contributed by atoms with Gasteiger partial charge in [0.1, 0.15) is 0 Å². The van der Waals surface area contributed by atoms with Crippen LogP contribution >= 0.6 is 0 Å². The van der Waals surface area contributed by atoms with Crippen molar-refractivity contribution in [2.45, 2.75) is 13.3 Å². The van der Waals surface area contributed by atoms with Crippen molar-refractivity contribution < 1.29 is 4.79 Å². The summed E-state index contributed by atoms with van der Waals surface area (Å²) in [6.07, 6.45) is 2.68. The Bertz CT molecular complexity index is 718. The van der Waals surface area contributed by atoms with E-state index >= 15 is 0 Å². The molecule has 1 aromatic heterocycles. The summed E-state index contributed by atoms with van der Waals surface area (Å²) in [5, 5.41) is 4.37. The fraction of sp³-hybridized carbons (Fsp3) is 0.333. The van der Waals surface area contributed by atoms with E-state index in [0.717, 1.165) is 17.5 Å². The summed E-state index contributed by atoms with van der Waals surface area (Å²) >= 11 is 0. The lowest BCUT2D eigenvalue weighted by atomic mass is 10.1. The highest BCUT2D eigenvalue weighted by Gasteiger charge is 2.39. The molecule has 1 aliphatic carbocycles. The predicted molar refractivity (Wildman–Crippen MR) is 75.1 cm³/mol. The minimum atomic E-state index is -0.0478. The van der Waals surface area contributed by atoms with Crippen molar-refractivity contribution in [2.75, 3.05) is 5.32 Å². The fourth-order valence-electron chi connectivity index (χ4n) is 2.40. The monoisotopic (exact) mass is 256 g/mol. The summed E-state index contributed by atoms with van der Waals surface area (Å²) in [5.74, 6) is 0.658. The zero-order valence-corrected chi connectivity index (χ0v) is 11.0. The van der Waals surface area contributed by atoms with Gasteiger partial charge in [-0.3, -0.25) is 9.59 Å². The molecule has 19 heavy (non-hydrogen) atoms. The maximum atomic E-state index is 12.0. The van der Waals surface area contributed by atoms with E-state index in [1.165, 1.54) is 4.57 Å². The number of nitrogens with one attached hydrogen (secondary N) is 1. The van der Waals surface area contributed by atoms with Gasteiger partial charge >= 0.3 is 0 Å². The molecular weight excluding hydrogens is 240 g/mol. The molecule has 0 saturated heterocycles. The normalized spacial score (nSPS) is 21.4. The molecule has 4 nitrogen and oxygen atoms in total. The van der Waals surface area contributed by atoms with Crippen molar-refractivity contribution in [2.24, 2.45) is 18.9 Å². The highest BCUT2D eigenvalue weighted by atomic mass is 16.2. The Morgan fingerprint density at radius 2 is 2.05 bits per heavy atom. The van der Waals surface area contributed by atoms with Crippen molar-refractivity contribution in [3.05, 3.63) is 40.8 Å². The maximum Gasteiger partial charge on any atom is 0.258 e. The third-order valence-corrected chi connectivity index (χ3v) is 3.83. The van der Waals surface area contributed by atoms with E-state index in [4.69, 9.17) is 0 Å². The van der Waals surface area contributed by atoms with Gasteiger partial charge in [0.05, 0.1) is 0 Å². The molecule has 1 saturated carbocycles. The van der Waals surface area contributed by atoms with Gasteiger partial charge in [0, 0.05) is 35.6 Å². The first-order valence-electron chi connectivity index (χ1n) is 6.47. The first kappa shape index (κ1) is 12.0. The number of benzene rings is 1. The molecule has 2 aromatic rings. The van der Waals surface area contributed by atoms with Crippen molar-refractivity contribution in [3.8, 4) is 0 Å². The van der Waals surface area contributed by atoms with Crippen LogP contribution in [0, 0.1) is 11.8 Å². The Labute approximate surface area is 111 Å². The summed E-state index contributed by atoms with van der Waals surface area (Å²) in [7, 11) is 1.72. The van der Waals surface area contributed by atoms with E-state index in [1.807, 2.05) is 12.1 Å². The first-order chi connectivity index (χ1) is 9.08. The smallest absolute Gasteiger partial charge is 0.258 e. The molecule has 1 amide bonds. The molecule has 4 heteroatoms. The molecule has 0 spiro atoms. The van der Waals surface area contributed by atoms with Crippen LogP contribution in [0.5, 0.6) is 0 Å². The Hall–Kier alpha value is -2.10. The minimum absolute atomic E-state index is 0.0478. The van der Waals surface area contributed by atoms with Gasteiger partial charge in [0.2, 0.25) is 5.91 Å². The third-order valence-electron chi connectivity index (χ3n) is 3.83. The van der Waals surface area contributed by atoms with Gasteiger partial charge < -0.3 is 9.88 Å². The topological polar surface area (TPSA) is 51.1 Å². The summed E-state index contributed by atoms with van der Waals surface area (Å²) in [5.41, 5.74) is 0.674. The van der Waals surface area contributed by atoms with Crippen LogP contribution in [0.3, 0.4) is 0 Å². The molecular formula is C15H16N2O2. The molecule has 0 aliphatic heterocycles. The Morgan fingerprint density at radius 3 is 2.74 bits per heavy atom. The van der Waals surface area contributed by atoms with Gasteiger partial charge in [-0.15, -0.1) is 0 Å². The van der Waals surface area contributed by atoms with Crippen LogP contribution in [0.4, 0.5) is 5.69 Å². The number of anilines is 1. The second kappa shape index (κ2) is 4.23. The molecule has 1 N–H and O–H groups in total. The van der Waals surface area contributed by atoms with Crippen molar-refractivity contribution in [1.82, 2.24) is 4.57 Å². The highest BCUT2D eigenvalue weighted by Crippen LogP contribution is 2.38. The maximum absolute atomic E-state index is 12.0. The van der Waals surface area contributed by atoms with Crippen LogP contribution in [-0.2, 0) is 11.8 Å². The van der Waals surface area contributed by atoms with Crippen LogP contribution in [-0.4, -0.2) is 10.5 Å². The quantitative estimate of drug-likeness (QED) is 0.895. The molecule has 0 bridgehead atoms. The van der Waals surface area contributed by atoms with E-state index in [-0.39, 0.29) is 17.4 Å². The summed E-state index contributed by atoms with van der Waals surface area (Å²) < 4.78 is 1.54. The van der Waals surface area contributed by atoms with Crippen molar-refractivity contribution in [3.63, 3.8) is 0 Å². The highest BCUT2D eigenvalue weighted by molar-refractivity contribution is 6.03. The summed E-state index contributed by atoms with van der Waals surface area (Å²) in [6, 6.07) is 7.29. The zero-order valence-electron chi connectivity index (χ0n) is 11.0. The number of hydrogen-bond acceptors (Lipinski definition) is 2. The molecule has 98 valence electrons. The largest absolute Gasteiger partial charge is 0.325 e. The lowest BCUT2D eigenvalue weighted by Crippen LogP contribution is -2.18. The predicted octanol–water partition coefficient (Wildman–Crippen LogP) is 2.13. The third kappa shape index (κ3) is 2.03. The Balaban J connectivity index is 2.02. The van der Waals surface area contributed by atoms with Gasteiger partial charge in [0.25, 0.3) is 5.56 Å². The minimum Gasteiger partial charge on any atom is -0.325 e. The standard InChI is InChI=1S/C15H16N2O2/c1-9-8-12(9)14(18)16-13-5-3-4-11-10(13)6-7-17(2)15(11)19/h3-7,9,12H,8H2,1-2H3,(H,16,18)/t9-,12+/m0/s1. The molecule has 1 aromatic carbocycles. The number of amides is 1. The van der Waals surface area contributed by atoms with Crippen LogP contribution in [0.25, 0.3) is 10.8 Å². The van der Waals surface area contributed by atoms with Crippen molar-refractivity contribution >= 4 is 22.4 Å². The van der Waals surface area contributed by atoms with Gasteiger partial charge in [0.15, 0.2) is 0 Å². The van der Waals surface area contributed by atoms with Gasteiger partial charge in [-0.2, -0.15) is 0 Å². The van der Waals surface area contributed by atoms with Gasteiger partial charge in [-0.1, -0.05) is 13.0 Å². The number of rotatable bonds is 2. The first-order valence-corrected chi connectivity index (χ1v) is 6.47. The molecule has 3 rings (SSSR count). The lowest BCUT2D eigenvalue weighted by molar-refractivity contribution is -0.117. The molecule has 0 unspecified atom stereocenters. The molecule has 2 atom stereocenters. The van der Waals surface area contributed by atoms with Crippen LogP contribution in [0.1, 0.15) is 13.3 Å². The number of fused-ring (bicyclic) bond motifs is 1. The van der Waals surface area contributed by atoms with E-state index in [1.54, 1.807) is 25.4 Å². The van der Waals surface area contributed by atoms with E-state index in [9.17, 15) is 9.59 Å². The van der Waals surface area contributed by atoms with Crippen LogP contribution < -0.4 is 10.9 Å². The number of pyridine rings is 1. The van der Waals surface area contributed by atoms with Gasteiger partial charge in [-0.05, 0) is 30.5 Å². The Kier molecular flexibility index (Phi) is 2.66. The molecule has 1 heterocycles. The van der Waals surface area contributed by atoms with Crippen molar-refractivity contribution in [1.29, 1.82) is 0 Å². The molecule has 1 fully saturated rings. The lowest BCUT2D eigenvalue weighted by Gasteiger charge is -2.09. The summed E-state index contributed by atoms with van der Waals surface area (Å²) in [6.45, 7) is 2.07. The van der Waals surface area contributed by atoms with Gasteiger partial charge in [-0.25, -0.2) is 0 Å². The van der Waals surface area contributed by atoms with Crippen LogP contribution in [0.2, 0.25) is 0 Å². The Morgan fingerprint density at radius 1 is 1.32 bits per heavy atom. The number of aromatic nitrogens is 1. The number of carbonyl (C=O) groups is 1. The fourth-order valence-corrected chi connectivity index (χ4v) is 2.40.